The summed E-state index contributed by atoms with van der Waals surface area (Å²) >= 11 is 0. The average Bonchev–Trinajstić information content (AvgIpc) is 2.73. The zero-order valence-electron chi connectivity index (χ0n) is 15.5. The van der Waals surface area contributed by atoms with E-state index >= 15 is 0 Å². The molecule has 0 spiro atoms. The van der Waals surface area contributed by atoms with Gasteiger partial charge in [0, 0.05) is 24.4 Å². The maximum Gasteiger partial charge on any atom is 0.162 e. The summed E-state index contributed by atoms with van der Waals surface area (Å²) in [5.74, 6) is 3.56. The van der Waals surface area contributed by atoms with E-state index in [0.717, 1.165) is 22.8 Å². The van der Waals surface area contributed by atoms with Crippen molar-refractivity contribution in [2.24, 2.45) is 0 Å². The third kappa shape index (κ3) is 4.78. The molecule has 0 aliphatic carbocycles. The van der Waals surface area contributed by atoms with Crippen molar-refractivity contribution in [3.8, 4) is 17.2 Å². The lowest BCUT2D eigenvalue weighted by Gasteiger charge is -2.12. The van der Waals surface area contributed by atoms with Crippen LogP contribution in [0.4, 0.5) is 17.3 Å². The number of rotatable bonds is 8. The summed E-state index contributed by atoms with van der Waals surface area (Å²) in [6.45, 7) is 0.650. The molecular weight excluding hydrogens is 344 g/mol. The van der Waals surface area contributed by atoms with E-state index in [1.165, 1.54) is 6.33 Å². The number of hydrogen-bond acceptors (Lipinski definition) is 7. The van der Waals surface area contributed by atoms with Crippen LogP contribution in [-0.2, 0) is 6.54 Å². The van der Waals surface area contributed by atoms with Crippen LogP contribution in [0.25, 0.3) is 0 Å². The predicted molar refractivity (Wildman–Crippen MR) is 105 cm³/mol. The van der Waals surface area contributed by atoms with E-state index in [9.17, 15) is 0 Å². The minimum atomic E-state index is 0.648. The Kier molecular flexibility index (Phi) is 5.94. The molecule has 1 aromatic heterocycles. The average molecular weight is 366 g/mol. The number of nitrogens with zero attached hydrogens (tertiary/aromatic N) is 2. The summed E-state index contributed by atoms with van der Waals surface area (Å²) < 4.78 is 15.7. The lowest BCUT2D eigenvalue weighted by atomic mass is 10.2. The van der Waals surface area contributed by atoms with Gasteiger partial charge in [-0.2, -0.15) is 0 Å². The second kappa shape index (κ2) is 8.75. The summed E-state index contributed by atoms with van der Waals surface area (Å²) in [7, 11) is 4.87. The van der Waals surface area contributed by atoms with E-state index in [2.05, 4.69) is 20.6 Å². The first-order valence-electron chi connectivity index (χ1n) is 8.39. The lowest BCUT2D eigenvalue weighted by Crippen LogP contribution is -2.03. The molecular formula is C20H22N4O3. The van der Waals surface area contributed by atoms with E-state index in [4.69, 9.17) is 14.2 Å². The molecule has 3 rings (SSSR count). The number of anilines is 3. The van der Waals surface area contributed by atoms with Crippen LogP contribution >= 0.6 is 0 Å². The van der Waals surface area contributed by atoms with Crippen molar-refractivity contribution in [1.29, 1.82) is 0 Å². The lowest BCUT2D eigenvalue weighted by molar-refractivity contribution is 0.355. The topological polar surface area (TPSA) is 77.5 Å². The standard InChI is InChI=1S/C20H22N4O3/c1-25-16-7-4-14(5-8-16)12-21-19-11-20(23-13-22-19)24-15-6-9-17(26-2)18(10-15)27-3/h4-11,13H,12H2,1-3H3,(H2,21,22,23,24). The van der Waals surface area contributed by atoms with Gasteiger partial charge < -0.3 is 24.8 Å². The van der Waals surface area contributed by atoms with Gasteiger partial charge in [-0.05, 0) is 29.8 Å². The first-order valence-corrected chi connectivity index (χ1v) is 8.39. The van der Waals surface area contributed by atoms with Crippen molar-refractivity contribution in [2.75, 3.05) is 32.0 Å². The van der Waals surface area contributed by atoms with Gasteiger partial charge in [-0.3, -0.25) is 0 Å². The summed E-state index contributed by atoms with van der Waals surface area (Å²) in [5, 5.41) is 6.53. The number of aromatic nitrogens is 2. The van der Waals surface area contributed by atoms with E-state index in [1.807, 2.05) is 48.5 Å². The Hall–Kier alpha value is -3.48. The molecule has 0 radical (unpaired) electrons. The number of benzene rings is 2. The van der Waals surface area contributed by atoms with Crippen molar-refractivity contribution in [3.05, 3.63) is 60.4 Å². The molecule has 7 heteroatoms. The van der Waals surface area contributed by atoms with Gasteiger partial charge in [-0.25, -0.2) is 9.97 Å². The molecule has 0 saturated heterocycles. The fourth-order valence-corrected chi connectivity index (χ4v) is 2.52. The second-order valence-corrected chi connectivity index (χ2v) is 5.68. The smallest absolute Gasteiger partial charge is 0.162 e. The molecule has 1 heterocycles. The minimum absolute atomic E-state index is 0.648. The van der Waals surface area contributed by atoms with Gasteiger partial charge in [0.1, 0.15) is 23.7 Å². The monoisotopic (exact) mass is 366 g/mol. The van der Waals surface area contributed by atoms with Gasteiger partial charge in [0.15, 0.2) is 11.5 Å². The highest BCUT2D eigenvalue weighted by atomic mass is 16.5. The number of ether oxygens (including phenoxy) is 3. The highest BCUT2D eigenvalue weighted by molar-refractivity contribution is 5.62. The summed E-state index contributed by atoms with van der Waals surface area (Å²) in [5.41, 5.74) is 1.97. The van der Waals surface area contributed by atoms with Crippen molar-refractivity contribution in [1.82, 2.24) is 9.97 Å². The third-order valence-corrected chi connectivity index (χ3v) is 3.96. The zero-order chi connectivity index (χ0) is 19.1. The van der Waals surface area contributed by atoms with Crippen LogP contribution in [0.3, 0.4) is 0 Å². The van der Waals surface area contributed by atoms with Crippen LogP contribution < -0.4 is 24.8 Å². The second-order valence-electron chi connectivity index (χ2n) is 5.68. The molecule has 0 fully saturated rings. The molecule has 0 amide bonds. The molecule has 3 aromatic rings. The molecule has 140 valence electrons. The van der Waals surface area contributed by atoms with Crippen molar-refractivity contribution < 1.29 is 14.2 Å². The van der Waals surface area contributed by atoms with Crippen molar-refractivity contribution in [2.45, 2.75) is 6.54 Å². The molecule has 0 aliphatic heterocycles. The summed E-state index contributed by atoms with van der Waals surface area (Å²) in [6, 6.07) is 15.3. The third-order valence-electron chi connectivity index (χ3n) is 3.96. The van der Waals surface area contributed by atoms with Crippen LogP contribution in [0.5, 0.6) is 17.2 Å². The SMILES string of the molecule is COc1ccc(CNc2cc(Nc3ccc(OC)c(OC)c3)ncn2)cc1. The maximum atomic E-state index is 5.32. The van der Waals surface area contributed by atoms with Crippen LogP contribution in [0, 0.1) is 0 Å². The van der Waals surface area contributed by atoms with Crippen LogP contribution in [0.2, 0.25) is 0 Å². The largest absolute Gasteiger partial charge is 0.497 e. The van der Waals surface area contributed by atoms with E-state index in [0.29, 0.717) is 23.9 Å². The Morgan fingerprint density at radius 1 is 0.778 bits per heavy atom. The highest BCUT2D eigenvalue weighted by Gasteiger charge is 2.06. The Morgan fingerprint density at radius 2 is 1.52 bits per heavy atom. The Bertz CT molecular complexity index is 885. The zero-order valence-corrected chi connectivity index (χ0v) is 15.5. The van der Waals surface area contributed by atoms with Crippen molar-refractivity contribution >= 4 is 17.3 Å². The molecule has 2 N–H and O–H groups in total. The van der Waals surface area contributed by atoms with E-state index in [1.54, 1.807) is 21.3 Å². The molecule has 7 nitrogen and oxygen atoms in total. The fourth-order valence-electron chi connectivity index (χ4n) is 2.52. The normalized spacial score (nSPS) is 10.2. The number of hydrogen-bond donors (Lipinski definition) is 2. The maximum absolute atomic E-state index is 5.32. The quantitative estimate of drug-likeness (QED) is 0.627. The molecule has 0 unspecified atom stereocenters. The van der Waals surface area contributed by atoms with Gasteiger partial charge >= 0.3 is 0 Å². The van der Waals surface area contributed by atoms with Crippen LogP contribution in [0.15, 0.2) is 54.9 Å². The van der Waals surface area contributed by atoms with Gasteiger partial charge in [0.25, 0.3) is 0 Å². The number of methoxy groups -OCH3 is 3. The molecule has 2 aromatic carbocycles. The van der Waals surface area contributed by atoms with Crippen LogP contribution in [0.1, 0.15) is 5.56 Å². The molecule has 27 heavy (non-hydrogen) atoms. The summed E-state index contributed by atoms with van der Waals surface area (Å²) in [6.07, 6.45) is 1.51. The molecule has 0 atom stereocenters. The molecule has 0 saturated carbocycles. The molecule has 0 aliphatic rings. The van der Waals surface area contributed by atoms with E-state index in [-0.39, 0.29) is 0 Å². The fraction of sp³-hybridized carbons (Fsp3) is 0.200. The Morgan fingerprint density at radius 3 is 2.22 bits per heavy atom. The van der Waals surface area contributed by atoms with Gasteiger partial charge in [-0.1, -0.05) is 12.1 Å². The number of nitrogens with one attached hydrogen (secondary N) is 2. The Labute approximate surface area is 158 Å². The van der Waals surface area contributed by atoms with Gasteiger partial charge in [0.2, 0.25) is 0 Å². The first kappa shape index (κ1) is 18.3. The first-order chi connectivity index (χ1) is 13.2. The minimum Gasteiger partial charge on any atom is -0.497 e. The Balaban J connectivity index is 1.66. The predicted octanol–water partition coefficient (Wildman–Crippen LogP) is 3.86. The molecule has 0 bridgehead atoms. The summed E-state index contributed by atoms with van der Waals surface area (Å²) in [4.78, 5) is 8.52. The van der Waals surface area contributed by atoms with E-state index < -0.39 is 0 Å². The van der Waals surface area contributed by atoms with Crippen LogP contribution in [-0.4, -0.2) is 31.3 Å². The van der Waals surface area contributed by atoms with Crippen molar-refractivity contribution in [3.63, 3.8) is 0 Å². The van der Waals surface area contributed by atoms with Gasteiger partial charge in [-0.15, -0.1) is 0 Å². The van der Waals surface area contributed by atoms with Gasteiger partial charge in [0.05, 0.1) is 21.3 Å². The highest BCUT2D eigenvalue weighted by Crippen LogP contribution is 2.31.